The summed E-state index contributed by atoms with van der Waals surface area (Å²) in [6, 6.07) is 5.52. The summed E-state index contributed by atoms with van der Waals surface area (Å²) < 4.78 is 1.87. The van der Waals surface area contributed by atoms with Crippen molar-refractivity contribution in [2.75, 3.05) is 5.73 Å². The lowest BCUT2D eigenvalue weighted by atomic mass is 9.98. The average molecular weight is 278 g/mol. The highest BCUT2D eigenvalue weighted by Gasteiger charge is 2.41. The van der Waals surface area contributed by atoms with E-state index in [1.165, 1.54) is 12.8 Å². The molecule has 1 aliphatic carbocycles. The van der Waals surface area contributed by atoms with Crippen LogP contribution in [0.25, 0.3) is 11.4 Å². The maximum atomic E-state index is 6.27. The highest BCUT2D eigenvalue weighted by Crippen LogP contribution is 2.45. The van der Waals surface area contributed by atoms with Crippen LogP contribution >= 0.6 is 11.6 Å². The molecule has 0 amide bonds. The maximum Gasteiger partial charge on any atom is 0.184 e. The van der Waals surface area contributed by atoms with Gasteiger partial charge in [0.25, 0.3) is 0 Å². The smallest absolute Gasteiger partial charge is 0.184 e. The summed E-state index contributed by atoms with van der Waals surface area (Å²) in [5.41, 5.74) is 7.06. The second-order valence-electron chi connectivity index (χ2n) is 5.55. The molecule has 5 nitrogen and oxygen atoms in total. The van der Waals surface area contributed by atoms with Crippen LogP contribution in [0.3, 0.4) is 0 Å². The van der Waals surface area contributed by atoms with Crippen LogP contribution in [0, 0.1) is 5.92 Å². The third-order valence-electron chi connectivity index (χ3n) is 3.86. The zero-order valence-electron chi connectivity index (χ0n) is 11.0. The molecule has 0 aliphatic heterocycles. The quantitative estimate of drug-likeness (QED) is 0.876. The summed E-state index contributed by atoms with van der Waals surface area (Å²) in [7, 11) is 0. The highest BCUT2D eigenvalue weighted by atomic mass is 35.5. The number of nitrogen functional groups attached to an aromatic ring is 1. The highest BCUT2D eigenvalue weighted by molar-refractivity contribution is 6.35. The Kier molecular flexibility index (Phi) is 2.74. The van der Waals surface area contributed by atoms with Crippen molar-refractivity contribution in [2.24, 2.45) is 5.92 Å². The molecule has 0 atom stereocenters. The van der Waals surface area contributed by atoms with Gasteiger partial charge in [0.1, 0.15) is 0 Å². The van der Waals surface area contributed by atoms with Crippen molar-refractivity contribution in [2.45, 2.75) is 32.2 Å². The minimum Gasteiger partial charge on any atom is -0.398 e. The van der Waals surface area contributed by atoms with Gasteiger partial charge in [-0.2, -0.15) is 0 Å². The Balaban J connectivity index is 2.12. The van der Waals surface area contributed by atoms with Gasteiger partial charge in [0.2, 0.25) is 0 Å². The molecular formula is C13H16ClN5. The minimum absolute atomic E-state index is 0.104. The molecule has 0 bridgehead atoms. The van der Waals surface area contributed by atoms with Gasteiger partial charge in [-0.05, 0) is 55.2 Å². The lowest BCUT2D eigenvalue weighted by Crippen LogP contribution is -2.30. The Morgan fingerprint density at radius 2 is 2.11 bits per heavy atom. The van der Waals surface area contributed by atoms with E-state index in [0.29, 0.717) is 22.5 Å². The SMILES string of the molecule is CC(C)(C1CC1)n1nnnc1-c1cccc(N)c1Cl. The number of nitrogens with zero attached hydrogens (tertiary/aromatic N) is 4. The molecule has 0 unspecified atom stereocenters. The molecule has 2 N–H and O–H groups in total. The van der Waals surface area contributed by atoms with Gasteiger partial charge in [0, 0.05) is 5.56 Å². The number of benzene rings is 1. The Hall–Kier alpha value is -1.62. The van der Waals surface area contributed by atoms with Gasteiger partial charge in [-0.1, -0.05) is 17.7 Å². The average Bonchev–Trinajstić information content (AvgIpc) is 3.12. The lowest BCUT2D eigenvalue weighted by molar-refractivity contribution is 0.271. The third-order valence-corrected chi connectivity index (χ3v) is 4.28. The Labute approximate surface area is 116 Å². The number of hydrogen-bond acceptors (Lipinski definition) is 4. The fraction of sp³-hybridized carbons (Fsp3) is 0.462. The van der Waals surface area contributed by atoms with E-state index in [2.05, 4.69) is 29.4 Å². The second kappa shape index (κ2) is 4.20. The summed E-state index contributed by atoms with van der Waals surface area (Å²) in [4.78, 5) is 0. The van der Waals surface area contributed by atoms with E-state index in [9.17, 15) is 0 Å². The van der Waals surface area contributed by atoms with E-state index in [0.717, 1.165) is 5.56 Å². The number of halogens is 1. The van der Waals surface area contributed by atoms with E-state index < -0.39 is 0 Å². The lowest BCUT2D eigenvalue weighted by Gasteiger charge is -2.25. The molecule has 0 spiro atoms. The first-order valence-corrected chi connectivity index (χ1v) is 6.73. The van der Waals surface area contributed by atoms with Gasteiger partial charge in [-0.25, -0.2) is 4.68 Å². The fourth-order valence-corrected chi connectivity index (χ4v) is 2.64. The van der Waals surface area contributed by atoms with Crippen molar-refractivity contribution < 1.29 is 0 Å². The fourth-order valence-electron chi connectivity index (χ4n) is 2.43. The Morgan fingerprint density at radius 3 is 2.79 bits per heavy atom. The van der Waals surface area contributed by atoms with Crippen LogP contribution in [-0.2, 0) is 5.54 Å². The second-order valence-corrected chi connectivity index (χ2v) is 5.93. The first kappa shape index (κ1) is 12.4. The number of tetrazole rings is 1. The predicted octanol–water partition coefficient (Wildman–Crippen LogP) is 2.72. The molecular weight excluding hydrogens is 262 g/mol. The Bertz CT molecular complexity index is 615. The van der Waals surface area contributed by atoms with E-state index in [4.69, 9.17) is 17.3 Å². The van der Waals surface area contributed by atoms with Crippen LogP contribution in [-0.4, -0.2) is 20.2 Å². The molecule has 1 fully saturated rings. The molecule has 19 heavy (non-hydrogen) atoms. The molecule has 0 saturated heterocycles. The molecule has 1 saturated carbocycles. The van der Waals surface area contributed by atoms with Crippen molar-refractivity contribution in [1.29, 1.82) is 0 Å². The maximum absolute atomic E-state index is 6.27. The van der Waals surface area contributed by atoms with Crippen molar-refractivity contribution in [1.82, 2.24) is 20.2 Å². The molecule has 1 heterocycles. The molecule has 100 valence electrons. The van der Waals surface area contributed by atoms with Crippen LogP contribution in [0.15, 0.2) is 18.2 Å². The number of rotatable bonds is 3. The zero-order valence-corrected chi connectivity index (χ0v) is 11.7. The van der Waals surface area contributed by atoms with Gasteiger partial charge in [-0.3, -0.25) is 0 Å². The summed E-state index contributed by atoms with van der Waals surface area (Å²) in [5.74, 6) is 1.30. The first-order chi connectivity index (χ1) is 9.01. The van der Waals surface area contributed by atoms with E-state index in [-0.39, 0.29) is 5.54 Å². The molecule has 1 aliphatic rings. The van der Waals surface area contributed by atoms with Crippen LogP contribution in [0.4, 0.5) is 5.69 Å². The number of hydrogen-bond donors (Lipinski definition) is 1. The van der Waals surface area contributed by atoms with Crippen LogP contribution in [0.1, 0.15) is 26.7 Å². The van der Waals surface area contributed by atoms with Crippen LogP contribution in [0.2, 0.25) is 5.02 Å². The predicted molar refractivity (Wildman–Crippen MR) is 74.7 cm³/mol. The number of aromatic nitrogens is 4. The van der Waals surface area contributed by atoms with Crippen molar-refractivity contribution in [3.8, 4) is 11.4 Å². The van der Waals surface area contributed by atoms with Gasteiger partial charge >= 0.3 is 0 Å². The molecule has 2 aromatic rings. The monoisotopic (exact) mass is 277 g/mol. The summed E-state index contributed by atoms with van der Waals surface area (Å²) in [5, 5.41) is 12.6. The van der Waals surface area contributed by atoms with Crippen molar-refractivity contribution >= 4 is 17.3 Å². The molecule has 0 radical (unpaired) electrons. The van der Waals surface area contributed by atoms with Gasteiger partial charge in [-0.15, -0.1) is 5.10 Å². The van der Waals surface area contributed by atoms with E-state index in [1.54, 1.807) is 6.07 Å². The van der Waals surface area contributed by atoms with Crippen LogP contribution < -0.4 is 5.73 Å². The van der Waals surface area contributed by atoms with Crippen molar-refractivity contribution in [3.63, 3.8) is 0 Å². The normalized spacial score (nSPS) is 15.7. The third kappa shape index (κ3) is 1.98. The minimum atomic E-state index is -0.104. The van der Waals surface area contributed by atoms with Gasteiger partial charge < -0.3 is 5.73 Å². The molecule has 3 rings (SSSR count). The molecule has 1 aromatic carbocycles. The van der Waals surface area contributed by atoms with Crippen molar-refractivity contribution in [3.05, 3.63) is 23.2 Å². The topological polar surface area (TPSA) is 69.6 Å². The molecule has 1 aromatic heterocycles. The van der Waals surface area contributed by atoms with Crippen LogP contribution in [0.5, 0.6) is 0 Å². The number of anilines is 1. The molecule has 6 heteroatoms. The zero-order chi connectivity index (χ0) is 13.6. The summed E-state index contributed by atoms with van der Waals surface area (Å²) in [6.45, 7) is 4.31. The standard InChI is InChI=1S/C13H16ClN5/c1-13(2,8-6-7-8)19-12(16-17-18-19)9-4-3-5-10(15)11(9)14/h3-5,8H,6-7,15H2,1-2H3. The summed E-state index contributed by atoms with van der Waals surface area (Å²) >= 11 is 6.27. The largest absolute Gasteiger partial charge is 0.398 e. The number of nitrogens with two attached hydrogens (primary N) is 1. The Morgan fingerprint density at radius 1 is 1.37 bits per heavy atom. The van der Waals surface area contributed by atoms with E-state index >= 15 is 0 Å². The van der Waals surface area contributed by atoms with Gasteiger partial charge in [0.05, 0.1) is 16.2 Å². The van der Waals surface area contributed by atoms with Gasteiger partial charge in [0.15, 0.2) is 5.82 Å². The van der Waals surface area contributed by atoms with E-state index in [1.807, 2.05) is 16.8 Å². The first-order valence-electron chi connectivity index (χ1n) is 6.35. The summed E-state index contributed by atoms with van der Waals surface area (Å²) in [6.07, 6.45) is 2.44.